The van der Waals surface area contributed by atoms with Crippen LogP contribution < -0.4 is 5.32 Å². The molecule has 1 heterocycles. The van der Waals surface area contributed by atoms with E-state index in [9.17, 15) is 4.79 Å². The molecule has 1 saturated carbocycles. The molecule has 1 N–H and O–H groups in total. The monoisotopic (exact) mass is 266 g/mol. The minimum absolute atomic E-state index is 0.170. The average Bonchev–Trinajstić information content (AvgIpc) is 3.30. The fourth-order valence-corrected chi connectivity index (χ4v) is 2.31. The van der Waals surface area contributed by atoms with E-state index in [2.05, 4.69) is 35.4 Å². The Hall–Kier alpha value is -2.16. The molecule has 1 aromatic heterocycles. The van der Waals surface area contributed by atoms with E-state index >= 15 is 0 Å². The number of benzene rings is 1. The van der Waals surface area contributed by atoms with Gasteiger partial charge in [0.15, 0.2) is 0 Å². The zero-order valence-corrected chi connectivity index (χ0v) is 11.6. The van der Waals surface area contributed by atoms with Crippen LogP contribution in [0.1, 0.15) is 24.0 Å². The lowest BCUT2D eigenvalue weighted by atomic mass is 10.0. The van der Waals surface area contributed by atoms with E-state index in [-0.39, 0.29) is 11.8 Å². The van der Waals surface area contributed by atoms with Gasteiger partial charge in [0, 0.05) is 24.2 Å². The number of hydrogen-bond acceptors (Lipinski definition) is 2. The van der Waals surface area contributed by atoms with Crippen LogP contribution >= 0.6 is 0 Å². The number of carbonyl (C=O) groups excluding carboxylic acids is 1. The van der Waals surface area contributed by atoms with Crippen molar-refractivity contribution in [3.8, 4) is 11.3 Å². The van der Waals surface area contributed by atoms with Crippen molar-refractivity contribution in [1.82, 2.24) is 10.3 Å². The molecule has 2 aromatic rings. The SMILES string of the molecule is Cc1cccc(-c2ncccc2CNC(=O)C2CC2)c1. The lowest BCUT2D eigenvalue weighted by Gasteiger charge is -2.10. The van der Waals surface area contributed by atoms with E-state index in [1.165, 1.54) is 5.56 Å². The first-order valence-corrected chi connectivity index (χ1v) is 7.02. The fraction of sp³-hybridized carbons (Fsp3) is 0.294. The first kappa shape index (κ1) is 12.9. The predicted octanol–water partition coefficient (Wildman–Crippen LogP) is 3.08. The van der Waals surface area contributed by atoms with Gasteiger partial charge in [-0.3, -0.25) is 9.78 Å². The van der Waals surface area contributed by atoms with Gasteiger partial charge in [-0.25, -0.2) is 0 Å². The summed E-state index contributed by atoms with van der Waals surface area (Å²) in [7, 11) is 0. The molecule has 3 nitrogen and oxygen atoms in total. The van der Waals surface area contributed by atoms with Crippen molar-refractivity contribution in [3.63, 3.8) is 0 Å². The minimum atomic E-state index is 0.170. The standard InChI is InChI=1S/C17H18N2O/c1-12-4-2-5-14(10-12)16-15(6-3-9-18-16)11-19-17(20)13-7-8-13/h2-6,9-10,13H,7-8,11H2,1H3,(H,19,20). The highest BCUT2D eigenvalue weighted by Gasteiger charge is 2.29. The number of pyridine rings is 1. The lowest BCUT2D eigenvalue weighted by Crippen LogP contribution is -2.24. The third-order valence-corrected chi connectivity index (χ3v) is 3.58. The molecule has 0 aliphatic heterocycles. The van der Waals surface area contributed by atoms with Crippen molar-refractivity contribution in [1.29, 1.82) is 0 Å². The Balaban J connectivity index is 1.82. The maximum atomic E-state index is 11.7. The summed E-state index contributed by atoms with van der Waals surface area (Å²) in [5, 5.41) is 3.01. The summed E-state index contributed by atoms with van der Waals surface area (Å²) in [4.78, 5) is 16.2. The quantitative estimate of drug-likeness (QED) is 0.924. The second-order valence-corrected chi connectivity index (χ2v) is 5.37. The van der Waals surface area contributed by atoms with E-state index in [4.69, 9.17) is 0 Å². The number of carbonyl (C=O) groups is 1. The number of aryl methyl sites for hydroxylation is 1. The van der Waals surface area contributed by atoms with Crippen LogP contribution in [0.15, 0.2) is 42.6 Å². The van der Waals surface area contributed by atoms with Crippen LogP contribution in [-0.2, 0) is 11.3 Å². The Morgan fingerprint density at radius 2 is 2.15 bits per heavy atom. The first-order valence-electron chi connectivity index (χ1n) is 7.02. The molecule has 3 rings (SSSR count). The normalized spacial score (nSPS) is 14.1. The van der Waals surface area contributed by atoms with Crippen LogP contribution in [0.5, 0.6) is 0 Å². The number of nitrogens with zero attached hydrogens (tertiary/aromatic N) is 1. The molecule has 0 unspecified atom stereocenters. The summed E-state index contributed by atoms with van der Waals surface area (Å²) in [6.07, 6.45) is 3.86. The Morgan fingerprint density at radius 1 is 1.30 bits per heavy atom. The van der Waals surface area contributed by atoms with Gasteiger partial charge in [-0.1, -0.05) is 29.8 Å². The lowest BCUT2D eigenvalue weighted by molar-refractivity contribution is -0.122. The zero-order valence-electron chi connectivity index (χ0n) is 11.6. The smallest absolute Gasteiger partial charge is 0.223 e. The summed E-state index contributed by atoms with van der Waals surface area (Å²) < 4.78 is 0. The van der Waals surface area contributed by atoms with E-state index in [0.29, 0.717) is 6.54 Å². The van der Waals surface area contributed by atoms with Crippen molar-refractivity contribution in [3.05, 3.63) is 53.7 Å². The number of rotatable bonds is 4. The maximum Gasteiger partial charge on any atom is 0.223 e. The highest BCUT2D eigenvalue weighted by atomic mass is 16.2. The van der Waals surface area contributed by atoms with Gasteiger partial charge in [-0.15, -0.1) is 0 Å². The summed E-state index contributed by atoms with van der Waals surface area (Å²) >= 11 is 0. The van der Waals surface area contributed by atoms with Gasteiger partial charge >= 0.3 is 0 Å². The molecule has 1 aliphatic carbocycles. The minimum Gasteiger partial charge on any atom is -0.352 e. The van der Waals surface area contributed by atoms with Gasteiger partial charge < -0.3 is 5.32 Å². The third-order valence-electron chi connectivity index (χ3n) is 3.58. The molecule has 1 amide bonds. The van der Waals surface area contributed by atoms with Crippen molar-refractivity contribution in [2.24, 2.45) is 5.92 Å². The van der Waals surface area contributed by atoms with E-state index in [1.807, 2.05) is 18.2 Å². The predicted molar refractivity (Wildman–Crippen MR) is 79.0 cm³/mol. The second kappa shape index (κ2) is 5.45. The highest BCUT2D eigenvalue weighted by Crippen LogP contribution is 2.29. The summed E-state index contributed by atoms with van der Waals surface area (Å²) in [5.74, 6) is 0.415. The molecule has 102 valence electrons. The summed E-state index contributed by atoms with van der Waals surface area (Å²) in [5.41, 5.74) is 4.32. The van der Waals surface area contributed by atoms with Crippen molar-refractivity contribution < 1.29 is 4.79 Å². The van der Waals surface area contributed by atoms with Crippen molar-refractivity contribution in [2.75, 3.05) is 0 Å². The summed E-state index contributed by atoms with van der Waals surface area (Å²) in [6.45, 7) is 2.62. The summed E-state index contributed by atoms with van der Waals surface area (Å²) in [6, 6.07) is 12.2. The first-order chi connectivity index (χ1) is 9.74. The molecule has 0 saturated heterocycles. The zero-order chi connectivity index (χ0) is 13.9. The van der Waals surface area contributed by atoms with Gasteiger partial charge in [-0.2, -0.15) is 0 Å². The Bertz CT molecular complexity index is 632. The number of nitrogens with one attached hydrogen (secondary N) is 1. The van der Waals surface area contributed by atoms with Gasteiger partial charge in [0.1, 0.15) is 0 Å². The van der Waals surface area contributed by atoms with Crippen LogP contribution in [0.25, 0.3) is 11.3 Å². The van der Waals surface area contributed by atoms with Gasteiger partial charge in [-0.05, 0) is 37.5 Å². The topological polar surface area (TPSA) is 42.0 Å². The van der Waals surface area contributed by atoms with Crippen LogP contribution in [0.3, 0.4) is 0 Å². The molecule has 1 aromatic carbocycles. The molecular weight excluding hydrogens is 248 g/mol. The molecule has 0 radical (unpaired) electrons. The van der Waals surface area contributed by atoms with Crippen molar-refractivity contribution >= 4 is 5.91 Å². The van der Waals surface area contributed by atoms with Gasteiger partial charge in [0.05, 0.1) is 5.69 Å². The average molecular weight is 266 g/mol. The number of aromatic nitrogens is 1. The Morgan fingerprint density at radius 3 is 2.90 bits per heavy atom. The molecule has 3 heteroatoms. The molecule has 0 spiro atoms. The van der Waals surface area contributed by atoms with E-state index in [0.717, 1.165) is 29.7 Å². The Kier molecular flexibility index (Phi) is 3.50. The van der Waals surface area contributed by atoms with Crippen LogP contribution in [0.4, 0.5) is 0 Å². The van der Waals surface area contributed by atoms with E-state index in [1.54, 1.807) is 6.20 Å². The number of hydrogen-bond donors (Lipinski definition) is 1. The fourth-order valence-electron chi connectivity index (χ4n) is 2.31. The van der Waals surface area contributed by atoms with Crippen molar-refractivity contribution in [2.45, 2.75) is 26.3 Å². The largest absolute Gasteiger partial charge is 0.352 e. The molecule has 1 fully saturated rings. The van der Waals surface area contributed by atoms with Gasteiger partial charge in [0.25, 0.3) is 0 Å². The third kappa shape index (κ3) is 2.87. The van der Waals surface area contributed by atoms with Crippen LogP contribution in [0, 0.1) is 12.8 Å². The van der Waals surface area contributed by atoms with Gasteiger partial charge in [0.2, 0.25) is 5.91 Å². The van der Waals surface area contributed by atoms with Crippen LogP contribution in [-0.4, -0.2) is 10.9 Å². The highest BCUT2D eigenvalue weighted by molar-refractivity contribution is 5.81. The second-order valence-electron chi connectivity index (χ2n) is 5.37. The molecule has 0 bridgehead atoms. The van der Waals surface area contributed by atoms with E-state index < -0.39 is 0 Å². The molecule has 0 atom stereocenters. The maximum absolute atomic E-state index is 11.7. The molecule has 1 aliphatic rings. The molecule has 20 heavy (non-hydrogen) atoms. The number of amides is 1. The molecular formula is C17H18N2O. The van der Waals surface area contributed by atoms with Crippen LogP contribution in [0.2, 0.25) is 0 Å². The Labute approximate surface area is 119 Å².